The van der Waals surface area contributed by atoms with Crippen molar-refractivity contribution < 1.29 is 32.4 Å². The molecule has 2 aromatic rings. The van der Waals surface area contributed by atoms with Crippen molar-refractivity contribution in [1.82, 2.24) is 4.31 Å². The highest BCUT2D eigenvalue weighted by atomic mass is 32.2. The Morgan fingerprint density at radius 1 is 1.15 bits per heavy atom. The first-order chi connectivity index (χ1) is 16.1. The number of nitro groups is 1. The van der Waals surface area contributed by atoms with Gasteiger partial charge in [0.05, 0.1) is 28.6 Å². The van der Waals surface area contributed by atoms with E-state index in [-0.39, 0.29) is 27.6 Å². The molecule has 34 heavy (non-hydrogen) atoms. The van der Waals surface area contributed by atoms with Gasteiger partial charge in [-0.2, -0.15) is 4.31 Å². The van der Waals surface area contributed by atoms with Crippen molar-refractivity contribution in [2.45, 2.75) is 24.7 Å². The van der Waals surface area contributed by atoms with Crippen LogP contribution in [0.25, 0.3) is 0 Å². The number of anilines is 1. The molecule has 1 fully saturated rings. The van der Waals surface area contributed by atoms with E-state index < -0.39 is 33.4 Å². The Morgan fingerprint density at radius 2 is 1.79 bits per heavy atom. The van der Waals surface area contributed by atoms with Crippen LogP contribution in [0.5, 0.6) is 5.75 Å². The number of nitro benzene ring substituents is 1. The summed E-state index contributed by atoms with van der Waals surface area (Å²) in [6.07, 6.45) is 1.59. The molecule has 0 atom stereocenters. The molecule has 0 spiro atoms. The molecule has 3 rings (SSSR count). The molecule has 12 heteroatoms. The van der Waals surface area contributed by atoms with Crippen LogP contribution in [-0.4, -0.2) is 56.3 Å². The molecule has 1 amide bonds. The molecule has 1 N–H and O–H groups in total. The first-order valence-corrected chi connectivity index (χ1v) is 12.0. The predicted octanol–water partition coefficient (Wildman–Crippen LogP) is 2.82. The highest BCUT2D eigenvalue weighted by Crippen LogP contribution is 2.29. The first kappa shape index (κ1) is 25.1. The molecule has 0 bridgehead atoms. The molecule has 11 nitrogen and oxygen atoms in total. The van der Waals surface area contributed by atoms with Gasteiger partial charge in [-0.15, -0.1) is 0 Å². The van der Waals surface area contributed by atoms with E-state index in [0.717, 1.165) is 18.9 Å². The quantitative estimate of drug-likeness (QED) is 0.337. The zero-order valence-corrected chi connectivity index (χ0v) is 19.5. The van der Waals surface area contributed by atoms with Gasteiger partial charge in [0.2, 0.25) is 10.0 Å². The number of benzene rings is 2. The number of rotatable bonds is 8. The van der Waals surface area contributed by atoms with E-state index in [9.17, 15) is 28.1 Å². The van der Waals surface area contributed by atoms with Gasteiger partial charge in [0.1, 0.15) is 11.4 Å². The van der Waals surface area contributed by atoms with E-state index in [2.05, 4.69) is 12.2 Å². The Morgan fingerprint density at radius 3 is 2.38 bits per heavy atom. The largest absolute Gasteiger partial charge is 0.496 e. The Labute approximate surface area is 196 Å². The van der Waals surface area contributed by atoms with Crippen LogP contribution in [0.2, 0.25) is 0 Å². The SMILES string of the molecule is COc1ccc(NC(=O)COC(=O)c2ccc(S(=O)(=O)N3CCC(C)CC3)cc2)c([N+](=O)[O-])c1. The van der Waals surface area contributed by atoms with Crippen molar-refractivity contribution in [1.29, 1.82) is 0 Å². The standard InChI is InChI=1S/C22H25N3O8S/c1-15-9-11-24(12-10-15)34(30,31)18-6-3-16(4-7-18)22(27)33-14-21(26)23-19-8-5-17(32-2)13-20(19)25(28)29/h3-8,13,15H,9-12,14H2,1-2H3,(H,23,26). The number of methoxy groups -OCH3 is 1. The molecule has 1 saturated heterocycles. The maximum absolute atomic E-state index is 12.8. The number of nitrogens with one attached hydrogen (secondary N) is 1. The number of sulfonamides is 1. The Kier molecular flexibility index (Phi) is 7.84. The first-order valence-electron chi connectivity index (χ1n) is 10.5. The molecular formula is C22H25N3O8S. The number of hydrogen-bond acceptors (Lipinski definition) is 8. The number of ether oxygens (including phenoxy) is 2. The number of nitrogens with zero attached hydrogens (tertiary/aromatic N) is 2. The van der Waals surface area contributed by atoms with Crippen LogP contribution in [-0.2, 0) is 19.6 Å². The fourth-order valence-corrected chi connectivity index (χ4v) is 4.90. The number of piperidine rings is 1. The molecule has 0 radical (unpaired) electrons. The highest BCUT2D eigenvalue weighted by molar-refractivity contribution is 7.89. The molecule has 0 aliphatic carbocycles. The fraction of sp³-hybridized carbons (Fsp3) is 0.364. The zero-order valence-electron chi connectivity index (χ0n) is 18.7. The molecule has 0 saturated carbocycles. The van der Waals surface area contributed by atoms with Crippen LogP contribution in [0.1, 0.15) is 30.1 Å². The summed E-state index contributed by atoms with van der Waals surface area (Å²) in [5.74, 6) is -0.886. The number of hydrogen-bond donors (Lipinski definition) is 1. The van der Waals surface area contributed by atoms with Gasteiger partial charge in [0.15, 0.2) is 6.61 Å². The van der Waals surface area contributed by atoms with Crippen LogP contribution < -0.4 is 10.1 Å². The van der Waals surface area contributed by atoms with E-state index in [1.165, 1.54) is 47.8 Å². The maximum Gasteiger partial charge on any atom is 0.338 e. The van der Waals surface area contributed by atoms with Crippen LogP contribution >= 0.6 is 0 Å². The number of esters is 1. The summed E-state index contributed by atoms with van der Waals surface area (Å²) in [5.41, 5.74) is -0.387. The van der Waals surface area contributed by atoms with Crippen LogP contribution in [0.3, 0.4) is 0 Å². The third-order valence-electron chi connectivity index (χ3n) is 5.48. The average molecular weight is 492 g/mol. The lowest BCUT2D eigenvalue weighted by molar-refractivity contribution is -0.384. The lowest BCUT2D eigenvalue weighted by Gasteiger charge is -2.29. The second-order valence-corrected chi connectivity index (χ2v) is 9.81. The van der Waals surface area contributed by atoms with Crippen molar-refractivity contribution >= 4 is 33.3 Å². The van der Waals surface area contributed by atoms with E-state index >= 15 is 0 Å². The minimum atomic E-state index is -3.65. The summed E-state index contributed by atoms with van der Waals surface area (Å²) in [7, 11) is -2.30. The van der Waals surface area contributed by atoms with E-state index in [1.807, 2.05) is 0 Å². The molecule has 0 aromatic heterocycles. The molecule has 1 aliphatic heterocycles. The normalized spacial score (nSPS) is 14.9. The van der Waals surface area contributed by atoms with Crippen molar-refractivity contribution in [3.05, 3.63) is 58.1 Å². The Bertz CT molecular complexity index is 1170. The molecule has 2 aromatic carbocycles. The summed E-state index contributed by atoms with van der Waals surface area (Å²) >= 11 is 0. The van der Waals surface area contributed by atoms with E-state index in [1.54, 1.807) is 0 Å². The number of carbonyl (C=O) groups excluding carboxylic acids is 2. The summed E-state index contributed by atoms with van der Waals surface area (Å²) < 4.78 is 36.9. The van der Waals surface area contributed by atoms with Gasteiger partial charge in [-0.25, -0.2) is 13.2 Å². The fourth-order valence-electron chi connectivity index (χ4n) is 3.43. The molecule has 182 valence electrons. The van der Waals surface area contributed by atoms with Crippen molar-refractivity contribution in [2.24, 2.45) is 5.92 Å². The lowest BCUT2D eigenvalue weighted by atomic mass is 10.0. The monoisotopic (exact) mass is 491 g/mol. The highest BCUT2D eigenvalue weighted by Gasteiger charge is 2.28. The minimum absolute atomic E-state index is 0.0643. The lowest BCUT2D eigenvalue weighted by Crippen LogP contribution is -2.37. The van der Waals surface area contributed by atoms with Crippen molar-refractivity contribution in [3.8, 4) is 5.75 Å². The van der Waals surface area contributed by atoms with Gasteiger partial charge >= 0.3 is 5.97 Å². The Balaban J connectivity index is 1.59. The van der Waals surface area contributed by atoms with Crippen molar-refractivity contribution in [2.75, 3.05) is 32.1 Å². The smallest absolute Gasteiger partial charge is 0.338 e. The van der Waals surface area contributed by atoms with Gasteiger partial charge in [-0.05, 0) is 55.2 Å². The Hall–Kier alpha value is -3.51. The second kappa shape index (κ2) is 10.6. The maximum atomic E-state index is 12.8. The summed E-state index contributed by atoms with van der Waals surface area (Å²) in [4.78, 5) is 35.0. The summed E-state index contributed by atoms with van der Waals surface area (Å²) in [5, 5.41) is 13.5. The minimum Gasteiger partial charge on any atom is -0.496 e. The zero-order chi connectivity index (χ0) is 24.9. The van der Waals surface area contributed by atoms with Crippen molar-refractivity contribution in [3.63, 3.8) is 0 Å². The summed E-state index contributed by atoms with van der Waals surface area (Å²) in [6, 6.07) is 9.17. The topological polar surface area (TPSA) is 145 Å². The van der Waals surface area contributed by atoms with Gasteiger partial charge in [0, 0.05) is 13.1 Å². The molecular weight excluding hydrogens is 466 g/mol. The third-order valence-corrected chi connectivity index (χ3v) is 7.39. The second-order valence-electron chi connectivity index (χ2n) is 7.88. The van der Waals surface area contributed by atoms with Gasteiger partial charge < -0.3 is 14.8 Å². The number of carbonyl (C=O) groups is 2. The van der Waals surface area contributed by atoms with E-state index in [4.69, 9.17) is 9.47 Å². The summed E-state index contributed by atoms with van der Waals surface area (Å²) in [6.45, 7) is 2.31. The van der Waals surface area contributed by atoms with E-state index in [0.29, 0.717) is 19.0 Å². The molecule has 1 aliphatic rings. The van der Waals surface area contributed by atoms with Gasteiger partial charge in [0.25, 0.3) is 11.6 Å². The predicted molar refractivity (Wildman–Crippen MR) is 122 cm³/mol. The van der Waals surface area contributed by atoms with Gasteiger partial charge in [-0.1, -0.05) is 6.92 Å². The van der Waals surface area contributed by atoms with Crippen LogP contribution in [0, 0.1) is 16.0 Å². The molecule has 0 unspecified atom stereocenters. The van der Waals surface area contributed by atoms with Crippen LogP contribution in [0.4, 0.5) is 11.4 Å². The molecule has 1 heterocycles. The third kappa shape index (κ3) is 5.88. The van der Waals surface area contributed by atoms with Crippen LogP contribution in [0.15, 0.2) is 47.4 Å². The van der Waals surface area contributed by atoms with Gasteiger partial charge in [-0.3, -0.25) is 14.9 Å². The average Bonchev–Trinajstić information content (AvgIpc) is 2.83. The number of amides is 1.